The first-order valence-electron chi connectivity index (χ1n) is 11.5. The van der Waals surface area contributed by atoms with E-state index in [1.54, 1.807) is 13.0 Å². The Morgan fingerprint density at radius 2 is 1.36 bits per heavy atom. The van der Waals surface area contributed by atoms with E-state index in [0.717, 1.165) is 27.6 Å². The molecule has 5 rings (SSSR count). The molecule has 0 fully saturated rings. The van der Waals surface area contributed by atoms with E-state index >= 15 is 0 Å². The zero-order chi connectivity index (χ0) is 24.9. The first kappa shape index (κ1) is 22.8. The number of hydrogen-bond acceptors (Lipinski definition) is 6. The summed E-state index contributed by atoms with van der Waals surface area (Å²) in [6.45, 7) is 1.67. The SMILES string of the molecule is CC(=NO)C(=NNc1ccc2c(-c3ccccc3)c(-c3ccccc3)c(=O)oc2c1)c1ccccc1. The minimum atomic E-state index is -0.415. The lowest BCUT2D eigenvalue weighted by atomic mass is 9.93. The van der Waals surface area contributed by atoms with Gasteiger partial charge in [0.2, 0.25) is 0 Å². The van der Waals surface area contributed by atoms with Crippen molar-refractivity contribution >= 4 is 28.1 Å². The van der Waals surface area contributed by atoms with Gasteiger partial charge in [-0.2, -0.15) is 5.10 Å². The van der Waals surface area contributed by atoms with E-state index in [1.807, 2.05) is 103 Å². The normalized spacial score (nSPS) is 12.0. The van der Waals surface area contributed by atoms with Gasteiger partial charge in [-0.05, 0) is 30.2 Å². The van der Waals surface area contributed by atoms with Gasteiger partial charge in [0.25, 0.3) is 0 Å². The van der Waals surface area contributed by atoms with Crippen LogP contribution in [0.3, 0.4) is 0 Å². The van der Waals surface area contributed by atoms with E-state index in [9.17, 15) is 10.0 Å². The smallest absolute Gasteiger partial charge is 0.344 e. The maximum atomic E-state index is 13.3. The van der Waals surface area contributed by atoms with Gasteiger partial charge in [0.15, 0.2) is 0 Å². The summed E-state index contributed by atoms with van der Waals surface area (Å²) in [6.07, 6.45) is 0. The number of hydrazone groups is 1. The summed E-state index contributed by atoms with van der Waals surface area (Å²) < 4.78 is 5.80. The highest BCUT2D eigenvalue weighted by Crippen LogP contribution is 2.36. The second-order valence-corrected chi connectivity index (χ2v) is 8.21. The van der Waals surface area contributed by atoms with E-state index in [-0.39, 0.29) is 0 Å². The second kappa shape index (κ2) is 10.1. The molecule has 0 spiro atoms. The molecule has 1 aromatic heterocycles. The predicted octanol–water partition coefficient (Wildman–Crippen LogP) is 6.79. The topological polar surface area (TPSA) is 87.2 Å². The van der Waals surface area contributed by atoms with Gasteiger partial charge < -0.3 is 9.62 Å². The van der Waals surface area contributed by atoms with Gasteiger partial charge in [-0.15, -0.1) is 0 Å². The Morgan fingerprint density at radius 1 is 0.778 bits per heavy atom. The van der Waals surface area contributed by atoms with Crippen LogP contribution in [0.4, 0.5) is 5.69 Å². The number of nitrogens with one attached hydrogen (secondary N) is 1. The van der Waals surface area contributed by atoms with Gasteiger partial charge in [0.05, 0.1) is 11.3 Å². The third kappa shape index (κ3) is 4.52. The molecule has 0 atom stereocenters. The molecule has 0 unspecified atom stereocenters. The molecule has 0 aliphatic carbocycles. The Morgan fingerprint density at radius 3 is 1.97 bits per heavy atom. The first-order valence-corrected chi connectivity index (χ1v) is 11.5. The average molecular weight is 474 g/mol. The molecule has 0 radical (unpaired) electrons. The predicted molar refractivity (Wildman–Crippen MR) is 145 cm³/mol. The van der Waals surface area contributed by atoms with Crippen LogP contribution in [0.15, 0.2) is 129 Å². The Kier molecular flexibility index (Phi) is 6.40. The number of nitrogens with zero attached hydrogens (tertiary/aromatic N) is 2. The number of oxime groups is 1. The summed E-state index contributed by atoms with van der Waals surface area (Å²) in [7, 11) is 0. The van der Waals surface area contributed by atoms with Gasteiger partial charge in [-0.1, -0.05) is 96.2 Å². The summed E-state index contributed by atoms with van der Waals surface area (Å²) in [5.74, 6) is 0. The number of fused-ring (bicyclic) bond motifs is 1. The monoisotopic (exact) mass is 473 g/mol. The molecule has 0 bridgehead atoms. The molecule has 36 heavy (non-hydrogen) atoms. The van der Waals surface area contributed by atoms with Crippen LogP contribution in [-0.2, 0) is 0 Å². The third-order valence-corrected chi connectivity index (χ3v) is 5.87. The summed E-state index contributed by atoms with van der Waals surface area (Å²) in [6, 6.07) is 34.3. The van der Waals surface area contributed by atoms with Crippen LogP contribution in [0.5, 0.6) is 0 Å². The largest absolute Gasteiger partial charge is 0.422 e. The fraction of sp³-hybridized carbons (Fsp3) is 0.0333. The van der Waals surface area contributed by atoms with Crippen molar-refractivity contribution in [1.82, 2.24) is 0 Å². The molecule has 1 heterocycles. The van der Waals surface area contributed by atoms with Crippen LogP contribution in [-0.4, -0.2) is 16.6 Å². The van der Waals surface area contributed by atoms with E-state index in [4.69, 9.17) is 4.42 Å². The molecule has 176 valence electrons. The molecule has 4 aromatic carbocycles. The Bertz CT molecular complexity index is 1630. The summed E-state index contributed by atoms with van der Waals surface area (Å²) in [5, 5.41) is 17.9. The van der Waals surface area contributed by atoms with Crippen LogP contribution in [0.2, 0.25) is 0 Å². The minimum Gasteiger partial charge on any atom is -0.422 e. The zero-order valence-electron chi connectivity index (χ0n) is 19.6. The van der Waals surface area contributed by atoms with Crippen molar-refractivity contribution < 1.29 is 9.62 Å². The molecule has 0 aliphatic heterocycles. The third-order valence-electron chi connectivity index (χ3n) is 5.87. The number of benzene rings is 4. The lowest BCUT2D eigenvalue weighted by molar-refractivity contribution is 0.320. The van der Waals surface area contributed by atoms with Crippen LogP contribution >= 0.6 is 0 Å². The van der Waals surface area contributed by atoms with Gasteiger partial charge in [-0.25, -0.2) is 4.79 Å². The lowest BCUT2D eigenvalue weighted by Crippen LogP contribution is -2.14. The second-order valence-electron chi connectivity index (χ2n) is 8.21. The molecule has 5 aromatic rings. The average Bonchev–Trinajstić information content (AvgIpc) is 2.93. The lowest BCUT2D eigenvalue weighted by Gasteiger charge is -2.13. The molecule has 2 N–H and O–H groups in total. The molecule has 0 aliphatic rings. The first-order chi connectivity index (χ1) is 17.7. The highest BCUT2D eigenvalue weighted by molar-refractivity contribution is 6.47. The van der Waals surface area contributed by atoms with E-state index in [2.05, 4.69) is 15.7 Å². The summed E-state index contributed by atoms with van der Waals surface area (Å²) in [5.41, 5.74) is 8.36. The highest BCUT2D eigenvalue weighted by atomic mass is 16.4. The maximum absolute atomic E-state index is 13.3. The molecule has 6 heteroatoms. The number of hydrogen-bond donors (Lipinski definition) is 2. The maximum Gasteiger partial charge on any atom is 0.344 e. The van der Waals surface area contributed by atoms with Crippen LogP contribution in [0.25, 0.3) is 33.2 Å². The van der Waals surface area contributed by atoms with Crippen LogP contribution < -0.4 is 11.1 Å². The molecular weight excluding hydrogens is 450 g/mol. The van der Waals surface area contributed by atoms with Crippen molar-refractivity contribution in [2.45, 2.75) is 6.92 Å². The molecular formula is C30H23N3O3. The van der Waals surface area contributed by atoms with Gasteiger partial charge in [0, 0.05) is 22.6 Å². The van der Waals surface area contributed by atoms with Crippen molar-refractivity contribution in [2.75, 3.05) is 5.43 Å². The number of anilines is 1. The van der Waals surface area contributed by atoms with Crippen molar-refractivity contribution in [3.8, 4) is 22.3 Å². The van der Waals surface area contributed by atoms with Gasteiger partial charge in [0.1, 0.15) is 17.0 Å². The Labute approximate surface area is 207 Å². The Hall–Kier alpha value is -4.97. The van der Waals surface area contributed by atoms with Crippen molar-refractivity contribution in [3.05, 3.63) is 125 Å². The van der Waals surface area contributed by atoms with Gasteiger partial charge >= 0.3 is 5.63 Å². The summed E-state index contributed by atoms with van der Waals surface area (Å²) >= 11 is 0. The van der Waals surface area contributed by atoms with Crippen molar-refractivity contribution in [1.29, 1.82) is 0 Å². The van der Waals surface area contributed by atoms with Crippen LogP contribution in [0, 0.1) is 0 Å². The molecule has 6 nitrogen and oxygen atoms in total. The molecule has 0 amide bonds. The highest BCUT2D eigenvalue weighted by Gasteiger charge is 2.18. The fourth-order valence-electron chi connectivity index (χ4n) is 4.16. The summed E-state index contributed by atoms with van der Waals surface area (Å²) in [4.78, 5) is 13.3. The minimum absolute atomic E-state index is 0.361. The quantitative estimate of drug-likeness (QED) is 0.123. The van der Waals surface area contributed by atoms with Crippen molar-refractivity contribution in [3.63, 3.8) is 0 Å². The van der Waals surface area contributed by atoms with E-state index in [0.29, 0.717) is 28.3 Å². The van der Waals surface area contributed by atoms with Crippen molar-refractivity contribution in [2.24, 2.45) is 10.3 Å². The molecule has 0 saturated carbocycles. The Balaban J connectivity index is 1.64. The van der Waals surface area contributed by atoms with E-state index < -0.39 is 5.63 Å². The standard InChI is InChI=1S/C30H23N3O3/c1-20(33-35)29(23-15-9-4-10-16-23)32-31-24-17-18-25-26(19-24)36-30(34)28(22-13-7-3-8-14-22)27(25)21-11-5-2-6-12-21/h2-19,31,35H,1H3. The van der Waals surface area contributed by atoms with Crippen LogP contribution in [0.1, 0.15) is 12.5 Å². The van der Waals surface area contributed by atoms with Gasteiger partial charge in [-0.3, -0.25) is 5.43 Å². The van der Waals surface area contributed by atoms with E-state index in [1.165, 1.54) is 0 Å². The fourth-order valence-corrected chi connectivity index (χ4v) is 4.16. The zero-order valence-corrected chi connectivity index (χ0v) is 19.6. The molecule has 0 saturated heterocycles. The number of rotatable bonds is 6.